The number of methoxy groups -OCH3 is 1. The molecule has 0 bridgehead atoms. The molecule has 6 nitrogen and oxygen atoms in total. The molecule has 0 aliphatic heterocycles. The van der Waals surface area contributed by atoms with E-state index in [1.165, 1.54) is 7.11 Å². The first-order valence-electron chi connectivity index (χ1n) is 6.07. The van der Waals surface area contributed by atoms with Crippen LogP contribution < -0.4 is 16.0 Å². The number of urea groups is 1. The van der Waals surface area contributed by atoms with Gasteiger partial charge in [-0.3, -0.25) is 5.32 Å². The normalized spacial score (nSPS) is 11.3. The largest absolute Gasteiger partial charge is 0.453 e. The molecule has 0 spiro atoms. The van der Waals surface area contributed by atoms with E-state index in [-0.39, 0.29) is 12.1 Å². The van der Waals surface area contributed by atoms with Crippen LogP contribution in [-0.4, -0.2) is 25.3 Å². The number of rotatable bonds is 4. The zero-order chi connectivity index (χ0) is 14.3. The number of amides is 3. The highest BCUT2D eigenvalue weighted by atomic mass is 16.5. The molecule has 1 unspecified atom stereocenters. The molecule has 0 saturated heterocycles. The van der Waals surface area contributed by atoms with Crippen molar-refractivity contribution in [3.63, 3.8) is 0 Å². The average Bonchev–Trinajstić information content (AvgIpc) is 2.38. The molecule has 1 atom stereocenters. The summed E-state index contributed by atoms with van der Waals surface area (Å²) in [4.78, 5) is 22.7. The number of anilines is 2. The first-order valence-corrected chi connectivity index (χ1v) is 6.07. The molecular formula is C13H19N3O3. The molecule has 0 heterocycles. The molecule has 104 valence electrons. The number of ether oxygens (including phenoxy) is 1. The van der Waals surface area contributed by atoms with E-state index in [0.717, 1.165) is 6.42 Å². The van der Waals surface area contributed by atoms with Gasteiger partial charge in [-0.1, -0.05) is 13.0 Å². The molecule has 6 heteroatoms. The number of carbonyl (C=O) groups is 2. The predicted octanol–water partition coefficient (Wildman–Crippen LogP) is 2.78. The van der Waals surface area contributed by atoms with E-state index in [1.807, 2.05) is 13.8 Å². The maximum Gasteiger partial charge on any atom is 0.411 e. The van der Waals surface area contributed by atoms with Gasteiger partial charge in [-0.05, 0) is 31.5 Å². The molecule has 0 saturated carbocycles. The lowest BCUT2D eigenvalue weighted by molar-refractivity contribution is 0.187. The number of carbonyl (C=O) groups excluding carboxylic acids is 2. The Balaban J connectivity index is 2.61. The van der Waals surface area contributed by atoms with Crippen molar-refractivity contribution in [1.82, 2.24) is 5.32 Å². The zero-order valence-electron chi connectivity index (χ0n) is 11.3. The second-order valence-corrected chi connectivity index (χ2v) is 4.11. The average molecular weight is 265 g/mol. The summed E-state index contributed by atoms with van der Waals surface area (Å²) in [6.45, 7) is 3.92. The van der Waals surface area contributed by atoms with Crippen LogP contribution in [0.5, 0.6) is 0 Å². The lowest BCUT2D eigenvalue weighted by Gasteiger charge is -2.13. The van der Waals surface area contributed by atoms with Crippen LogP contribution in [0, 0.1) is 0 Å². The van der Waals surface area contributed by atoms with E-state index in [1.54, 1.807) is 24.3 Å². The molecule has 0 aliphatic rings. The highest BCUT2D eigenvalue weighted by molar-refractivity contribution is 5.91. The van der Waals surface area contributed by atoms with Crippen molar-refractivity contribution in [1.29, 1.82) is 0 Å². The van der Waals surface area contributed by atoms with E-state index in [2.05, 4.69) is 20.7 Å². The van der Waals surface area contributed by atoms with Crippen molar-refractivity contribution in [3.8, 4) is 0 Å². The van der Waals surface area contributed by atoms with Crippen LogP contribution in [0.25, 0.3) is 0 Å². The maximum atomic E-state index is 11.6. The van der Waals surface area contributed by atoms with Crippen LogP contribution in [0.15, 0.2) is 24.3 Å². The van der Waals surface area contributed by atoms with Crippen molar-refractivity contribution >= 4 is 23.5 Å². The van der Waals surface area contributed by atoms with Gasteiger partial charge in [0, 0.05) is 17.4 Å². The van der Waals surface area contributed by atoms with E-state index >= 15 is 0 Å². The Morgan fingerprint density at radius 2 is 1.89 bits per heavy atom. The van der Waals surface area contributed by atoms with Crippen LogP contribution in [-0.2, 0) is 4.74 Å². The van der Waals surface area contributed by atoms with Crippen LogP contribution in [0.1, 0.15) is 20.3 Å². The summed E-state index contributed by atoms with van der Waals surface area (Å²) in [5.74, 6) is 0. The summed E-state index contributed by atoms with van der Waals surface area (Å²) >= 11 is 0. The lowest BCUT2D eigenvalue weighted by Crippen LogP contribution is -2.35. The Labute approximate surface area is 112 Å². The minimum absolute atomic E-state index is 0.108. The third kappa shape index (κ3) is 5.29. The monoisotopic (exact) mass is 265 g/mol. The summed E-state index contributed by atoms with van der Waals surface area (Å²) in [6, 6.07) is 6.64. The molecule has 0 aromatic heterocycles. The van der Waals surface area contributed by atoms with Crippen molar-refractivity contribution < 1.29 is 14.3 Å². The molecule has 19 heavy (non-hydrogen) atoms. The first kappa shape index (κ1) is 14.8. The fraction of sp³-hybridized carbons (Fsp3) is 0.385. The number of nitrogens with one attached hydrogen (secondary N) is 3. The molecule has 0 aliphatic carbocycles. The van der Waals surface area contributed by atoms with Gasteiger partial charge in [0.15, 0.2) is 0 Å². The third-order valence-corrected chi connectivity index (χ3v) is 2.54. The zero-order valence-corrected chi connectivity index (χ0v) is 11.3. The van der Waals surface area contributed by atoms with Crippen molar-refractivity contribution in [3.05, 3.63) is 24.3 Å². The van der Waals surface area contributed by atoms with Crippen LogP contribution >= 0.6 is 0 Å². The minimum atomic E-state index is -0.554. The maximum absolute atomic E-state index is 11.6. The van der Waals surface area contributed by atoms with Crippen molar-refractivity contribution in [2.45, 2.75) is 26.3 Å². The summed E-state index contributed by atoms with van der Waals surface area (Å²) in [7, 11) is 1.29. The van der Waals surface area contributed by atoms with Gasteiger partial charge in [-0.2, -0.15) is 0 Å². The Hall–Kier alpha value is -2.24. The Kier molecular flexibility index (Phi) is 5.66. The van der Waals surface area contributed by atoms with Crippen LogP contribution in [0.4, 0.5) is 21.0 Å². The topological polar surface area (TPSA) is 79.5 Å². The summed E-state index contributed by atoms with van der Waals surface area (Å²) in [6.07, 6.45) is 0.304. The fourth-order valence-corrected chi connectivity index (χ4v) is 1.34. The molecule has 3 amide bonds. The van der Waals surface area contributed by atoms with Crippen LogP contribution in [0.3, 0.4) is 0 Å². The second-order valence-electron chi connectivity index (χ2n) is 4.11. The molecule has 1 aromatic carbocycles. The third-order valence-electron chi connectivity index (χ3n) is 2.54. The predicted molar refractivity (Wildman–Crippen MR) is 74.4 cm³/mol. The Morgan fingerprint density at radius 1 is 1.26 bits per heavy atom. The fourth-order valence-electron chi connectivity index (χ4n) is 1.34. The summed E-state index contributed by atoms with van der Waals surface area (Å²) in [5, 5.41) is 8.01. The highest BCUT2D eigenvalue weighted by Gasteiger charge is 2.06. The van der Waals surface area contributed by atoms with Gasteiger partial charge >= 0.3 is 12.1 Å². The van der Waals surface area contributed by atoms with Crippen molar-refractivity contribution in [2.75, 3.05) is 17.7 Å². The molecule has 1 rings (SSSR count). The SMILES string of the molecule is CCC(C)NC(=O)Nc1cccc(NC(=O)OC)c1. The molecule has 3 N–H and O–H groups in total. The van der Waals surface area contributed by atoms with E-state index in [9.17, 15) is 9.59 Å². The van der Waals surface area contributed by atoms with Gasteiger partial charge < -0.3 is 15.4 Å². The molecule has 1 aromatic rings. The lowest BCUT2D eigenvalue weighted by atomic mass is 10.2. The molecule has 0 fully saturated rings. The quantitative estimate of drug-likeness (QED) is 0.783. The second kappa shape index (κ2) is 7.25. The summed E-state index contributed by atoms with van der Waals surface area (Å²) in [5.41, 5.74) is 1.14. The standard InChI is InChI=1S/C13H19N3O3/c1-4-9(2)14-12(17)15-10-6-5-7-11(8-10)16-13(18)19-3/h5-9H,4H2,1-3H3,(H,16,18)(H2,14,15,17). The van der Waals surface area contributed by atoms with Gasteiger partial charge in [0.2, 0.25) is 0 Å². The smallest absolute Gasteiger partial charge is 0.411 e. The number of hydrogen-bond acceptors (Lipinski definition) is 3. The molecular weight excluding hydrogens is 246 g/mol. The minimum Gasteiger partial charge on any atom is -0.453 e. The van der Waals surface area contributed by atoms with Gasteiger partial charge in [-0.15, -0.1) is 0 Å². The van der Waals surface area contributed by atoms with Crippen molar-refractivity contribution in [2.24, 2.45) is 0 Å². The van der Waals surface area contributed by atoms with E-state index in [4.69, 9.17) is 0 Å². The van der Waals surface area contributed by atoms with E-state index in [0.29, 0.717) is 11.4 Å². The number of hydrogen-bond donors (Lipinski definition) is 3. The van der Waals surface area contributed by atoms with Gasteiger partial charge in [0.1, 0.15) is 0 Å². The van der Waals surface area contributed by atoms with Gasteiger partial charge in [-0.25, -0.2) is 9.59 Å². The van der Waals surface area contributed by atoms with Gasteiger partial charge in [0.25, 0.3) is 0 Å². The highest BCUT2D eigenvalue weighted by Crippen LogP contribution is 2.15. The molecule has 0 radical (unpaired) electrons. The summed E-state index contributed by atoms with van der Waals surface area (Å²) < 4.78 is 4.49. The number of benzene rings is 1. The van der Waals surface area contributed by atoms with E-state index < -0.39 is 6.09 Å². The van der Waals surface area contributed by atoms with Gasteiger partial charge in [0.05, 0.1) is 7.11 Å². The Morgan fingerprint density at radius 3 is 2.47 bits per heavy atom. The Bertz CT molecular complexity index is 449. The first-order chi connectivity index (χ1) is 9.05. The van der Waals surface area contributed by atoms with Crippen LogP contribution in [0.2, 0.25) is 0 Å².